The second-order valence-electron chi connectivity index (χ2n) is 3.94. The number of benzene rings is 1. The maximum absolute atomic E-state index is 13.1. The molecule has 0 saturated carbocycles. The Morgan fingerprint density at radius 2 is 2.25 bits per heavy atom. The van der Waals surface area contributed by atoms with Crippen molar-refractivity contribution in [3.8, 4) is 11.6 Å². The summed E-state index contributed by atoms with van der Waals surface area (Å²) in [6.07, 6.45) is 3.04. The SMILES string of the molecule is Fc1cccc(/C=N\n2c(-c3ccco3)n[nH]c2=S)c1. The van der Waals surface area contributed by atoms with Crippen LogP contribution in [0.4, 0.5) is 4.39 Å². The Morgan fingerprint density at radius 1 is 1.35 bits per heavy atom. The number of hydrogen-bond donors (Lipinski definition) is 1. The topological polar surface area (TPSA) is 59.1 Å². The minimum Gasteiger partial charge on any atom is -0.461 e. The number of aromatic nitrogens is 3. The molecule has 2 heterocycles. The second-order valence-corrected chi connectivity index (χ2v) is 4.33. The highest BCUT2D eigenvalue weighted by Crippen LogP contribution is 2.17. The summed E-state index contributed by atoms with van der Waals surface area (Å²) in [7, 11) is 0. The van der Waals surface area contributed by atoms with Crippen LogP contribution >= 0.6 is 12.2 Å². The molecule has 0 bridgehead atoms. The largest absolute Gasteiger partial charge is 0.461 e. The first kappa shape index (κ1) is 12.5. The number of nitrogens with zero attached hydrogens (tertiary/aromatic N) is 3. The predicted octanol–water partition coefficient (Wildman–Crippen LogP) is 3.22. The summed E-state index contributed by atoms with van der Waals surface area (Å²) in [5.74, 6) is 0.664. The highest BCUT2D eigenvalue weighted by molar-refractivity contribution is 7.71. The van der Waals surface area contributed by atoms with E-state index in [1.54, 1.807) is 24.3 Å². The van der Waals surface area contributed by atoms with Crippen molar-refractivity contribution in [3.63, 3.8) is 0 Å². The predicted molar refractivity (Wildman–Crippen MR) is 74.5 cm³/mol. The highest BCUT2D eigenvalue weighted by atomic mass is 32.1. The molecule has 0 amide bonds. The van der Waals surface area contributed by atoms with Crippen molar-refractivity contribution >= 4 is 18.4 Å². The van der Waals surface area contributed by atoms with Gasteiger partial charge in [0, 0.05) is 0 Å². The zero-order chi connectivity index (χ0) is 13.9. The Morgan fingerprint density at radius 3 is 3.00 bits per heavy atom. The maximum Gasteiger partial charge on any atom is 0.219 e. The van der Waals surface area contributed by atoms with Crippen molar-refractivity contribution in [1.29, 1.82) is 0 Å². The first-order chi connectivity index (χ1) is 9.74. The molecule has 5 nitrogen and oxygen atoms in total. The molecule has 0 aliphatic carbocycles. The zero-order valence-electron chi connectivity index (χ0n) is 10.2. The van der Waals surface area contributed by atoms with Crippen LogP contribution in [0.25, 0.3) is 11.6 Å². The Hall–Kier alpha value is -2.54. The molecule has 0 aliphatic heterocycles. The lowest BCUT2D eigenvalue weighted by atomic mass is 10.2. The van der Waals surface area contributed by atoms with E-state index in [1.165, 1.54) is 29.3 Å². The molecule has 0 unspecified atom stereocenters. The van der Waals surface area contributed by atoms with Crippen molar-refractivity contribution in [2.45, 2.75) is 0 Å². The molecule has 3 rings (SSSR count). The van der Waals surface area contributed by atoms with E-state index in [-0.39, 0.29) is 5.82 Å². The van der Waals surface area contributed by atoms with Crippen LogP contribution in [-0.2, 0) is 0 Å². The van der Waals surface area contributed by atoms with Gasteiger partial charge in [0.25, 0.3) is 0 Å². The standard InChI is InChI=1S/C13H9FN4OS/c14-10-4-1-3-9(7-10)8-15-18-12(16-17-13(18)20)11-5-2-6-19-11/h1-8H,(H,17,20)/b15-8-. The first-order valence-corrected chi connectivity index (χ1v) is 6.16. The molecule has 0 radical (unpaired) electrons. The molecular weight excluding hydrogens is 279 g/mol. The van der Waals surface area contributed by atoms with Gasteiger partial charge in [-0.2, -0.15) is 9.78 Å². The molecule has 7 heteroatoms. The van der Waals surface area contributed by atoms with Gasteiger partial charge in [0.05, 0.1) is 12.5 Å². The minimum atomic E-state index is -0.323. The van der Waals surface area contributed by atoms with Crippen molar-refractivity contribution in [2.75, 3.05) is 0 Å². The molecule has 1 aromatic carbocycles. The number of halogens is 1. The van der Waals surface area contributed by atoms with E-state index < -0.39 is 0 Å². The van der Waals surface area contributed by atoms with E-state index in [1.807, 2.05) is 0 Å². The molecule has 20 heavy (non-hydrogen) atoms. The van der Waals surface area contributed by atoms with Gasteiger partial charge in [-0.15, -0.1) is 5.10 Å². The summed E-state index contributed by atoms with van der Waals surface area (Å²) in [5, 5.41) is 10.9. The molecule has 1 N–H and O–H groups in total. The van der Waals surface area contributed by atoms with Gasteiger partial charge in [-0.25, -0.2) is 9.49 Å². The monoisotopic (exact) mass is 288 g/mol. The molecule has 0 fully saturated rings. The third-order valence-corrected chi connectivity index (χ3v) is 2.83. The van der Waals surface area contributed by atoms with Gasteiger partial charge < -0.3 is 4.42 Å². The molecule has 2 aromatic heterocycles. The van der Waals surface area contributed by atoms with Crippen molar-refractivity contribution in [1.82, 2.24) is 14.9 Å². The lowest BCUT2D eigenvalue weighted by Crippen LogP contribution is -1.94. The van der Waals surface area contributed by atoms with Crippen molar-refractivity contribution in [3.05, 3.63) is 58.8 Å². The summed E-state index contributed by atoms with van der Waals surface area (Å²) < 4.78 is 20.1. The van der Waals surface area contributed by atoms with E-state index in [0.717, 1.165) is 0 Å². The molecule has 0 atom stereocenters. The van der Waals surface area contributed by atoms with Gasteiger partial charge >= 0.3 is 0 Å². The quantitative estimate of drug-likeness (QED) is 0.594. The van der Waals surface area contributed by atoms with Crippen LogP contribution in [0.5, 0.6) is 0 Å². The first-order valence-electron chi connectivity index (χ1n) is 5.75. The summed E-state index contributed by atoms with van der Waals surface area (Å²) in [6.45, 7) is 0. The number of hydrogen-bond acceptors (Lipinski definition) is 4. The van der Waals surface area contributed by atoms with Gasteiger partial charge in [0.15, 0.2) is 5.76 Å². The van der Waals surface area contributed by atoms with E-state index in [4.69, 9.17) is 16.6 Å². The number of furan rings is 1. The molecular formula is C13H9FN4OS. The van der Waals surface area contributed by atoms with Crippen LogP contribution in [-0.4, -0.2) is 21.1 Å². The average Bonchev–Trinajstić information content (AvgIpc) is 3.06. The third-order valence-electron chi connectivity index (χ3n) is 2.56. The lowest BCUT2D eigenvalue weighted by molar-refractivity contribution is 0.573. The Labute approximate surface area is 118 Å². The van der Waals surface area contributed by atoms with Gasteiger partial charge in [-0.05, 0) is 42.0 Å². The normalized spacial score (nSPS) is 11.2. The number of H-pyrrole nitrogens is 1. The molecule has 0 aliphatic rings. The second kappa shape index (κ2) is 5.22. The Bertz CT molecular complexity index is 804. The van der Waals surface area contributed by atoms with E-state index in [2.05, 4.69) is 15.3 Å². The molecule has 100 valence electrons. The number of rotatable bonds is 3. The van der Waals surface area contributed by atoms with Gasteiger partial charge in [-0.1, -0.05) is 12.1 Å². The van der Waals surface area contributed by atoms with E-state index >= 15 is 0 Å². The van der Waals surface area contributed by atoms with Gasteiger partial charge in [0.1, 0.15) is 5.82 Å². The third kappa shape index (κ3) is 2.43. The Kier molecular flexibility index (Phi) is 3.26. The fraction of sp³-hybridized carbons (Fsp3) is 0. The summed E-state index contributed by atoms with van der Waals surface area (Å²) in [5.41, 5.74) is 0.624. The smallest absolute Gasteiger partial charge is 0.219 e. The fourth-order valence-electron chi connectivity index (χ4n) is 1.68. The van der Waals surface area contributed by atoms with Crippen LogP contribution in [0.1, 0.15) is 5.56 Å². The zero-order valence-corrected chi connectivity index (χ0v) is 11.0. The number of aromatic amines is 1. The van der Waals surface area contributed by atoms with Crippen LogP contribution < -0.4 is 0 Å². The van der Waals surface area contributed by atoms with Gasteiger partial charge in [0.2, 0.25) is 10.6 Å². The average molecular weight is 288 g/mol. The van der Waals surface area contributed by atoms with Crippen molar-refractivity contribution < 1.29 is 8.81 Å². The Balaban J connectivity index is 1.99. The highest BCUT2D eigenvalue weighted by Gasteiger charge is 2.10. The van der Waals surface area contributed by atoms with Crippen LogP contribution in [0.2, 0.25) is 0 Å². The summed E-state index contributed by atoms with van der Waals surface area (Å²) in [4.78, 5) is 0. The molecule has 0 saturated heterocycles. The lowest BCUT2D eigenvalue weighted by Gasteiger charge is -1.97. The maximum atomic E-state index is 13.1. The van der Waals surface area contributed by atoms with E-state index in [9.17, 15) is 4.39 Å². The summed E-state index contributed by atoms with van der Waals surface area (Å²) >= 11 is 5.10. The molecule has 3 aromatic rings. The number of nitrogens with one attached hydrogen (secondary N) is 1. The van der Waals surface area contributed by atoms with Gasteiger partial charge in [-0.3, -0.25) is 0 Å². The van der Waals surface area contributed by atoms with Crippen LogP contribution in [0.3, 0.4) is 0 Å². The fourth-order valence-corrected chi connectivity index (χ4v) is 1.85. The van der Waals surface area contributed by atoms with Crippen LogP contribution in [0, 0.1) is 10.6 Å². The van der Waals surface area contributed by atoms with Crippen molar-refractivity contribution in [2.24, 2.45) is 5.10 Å². The summed E-state index contributed by atoms with van der Waals surface area (Å²) in [6, 6.07) is 9.59. The van der Waals surface area contributed by atoms with E-state index in [0.29, 0.717) is 21.9 Å². The minimum absolute atomic E-state index is 0.323. The van der Waals surface area contributed by atoms with Crippen LogP contribution in [0.15, 0.2) is 52.2 Å². The molecule has 0 spiro atoms.